The van der Waals surface area contributed by atoms with Gasteiger partial charge in [0.2, 0.25) is 0 Å². The lowest BCUT2D eigenvalue weighted by Gasteiger charge is -2.18. The van der Waals surface area contributed by atoms with Gasteiger partial charge in [0.15, 0.2) is 0 Å². The molecule has 1 N–H and O–H groups in total. The van der Waals surface area contributed by atoms with Gasteiger partial charge >= 0.3 is 5.97 Å². The molecule has 4 nitrogen and oxygen atoms in total. The molecule has 0 radical (unpaired) electrons. The van der Waals surface area contributed by atoms with Crippen LogP contribution in [0.5, 0.6) is 11.5 Å². The first kappa shape index (κ1) is 9.02. The Balaban J connectivity index is 2.24. The molecule has 1 aliphatic rings. The highest BCUT2D eigenvalue weighted by atomic mass is 16.5. The van der Waals surface area contributed by atoms with Gasteiger partial charge in [0.25, 0.3) is 0 Å². The molecule has 1 heterocycles. The molecule has 0 saturated heterocycles. The van der Waals surface area contributed by atoms with Crippen LogP contribution in [0.2, 0.25) is 0 Å². The van der Waals surface area contributed by atoms with E-state index in [9.17, 15) is 4.79 Å². The fourth-order valence-corrected chi connectivity index (χ4v) is 1.36. The molecule has 1 aromatic rings. The summed E-state index contributed by atoms with van der Waals surface area (Å²) in [6.07, 6.45) is 0. The summed E-state index contributed by atoms with van der Waals surface area (Å²) in [6, 6.07) is 5.38. The number of benzene rings is 1. The molecule has 0 unspecified atom stereocenters. The van der Waals surface area contributed by atoms with Gasteiger partial charge in [-0.15, -0.1) is 0 Å². The monoisotopic (exact) mass is 193 g/mol. The minimum absolute atomic E-state index is 0.320. The van der Waals surface area contributed by atoms with Crippen molar-refractivity contribution in [3.05, 3.63) is 23.8 Å². The summed E-state index contributed by atoms with van der Waals surface area (Å²) in [7, 11) is 0. The number of carbonyl (C=O) groups is 1. The summed E-state index contributed by atoms with van der Waals surface area (Å²) in [5, 5.41) is 3.07. The first-order valence-corrected chi connectivity index (χ1v) is 4.40. The number of rotatable bonds is 1. The summed E-state index contributed by atoms with van der Waals surface area (Å²) in [5.74, 6) is 0.986. The lowest BCUT2D eigenvalue weighted by atomic mass is 10.2. The van der Waals surface area contributed by atoms with E-state index in [1.165, 1.54) is 6.92 Å². The maximum atomic E-state index is 10.7. The number of esters is 1. The van der Waals surface area contributed by atoms with Crippen molar-refractivity contribution in [2.75, 3.05) is 6.73 Å². The van der Waals surface area contributed by atoms with E-state index >= 15 is 0 Å². The average Bonchev–Trinajstić information content (AvgIpc) is 2.17. The highest BCUT2D eigenvalue weighted by Gasteiger charge is 2.10. The van der Waals surface area contributed by atoms with Gasteiger partial charge in [0.1, 0.15) is 18.2 Å². The molecule has 4 heteroatoms. The maximum absolute atomic E-state index is 10.7. The summed E-state index contributed by atoms with van der Waals surface area (Å²) < 4.78 is 10.3. The van der Waals surface area contributed by atoms with Crippen LogP contribution in [0.1, 0.15) is 12.5 Å². The Hall–Kier alpha value is -1.55. The molecule has 0 amide bonds. The first-order chi connectivity index (χ1) is 6.75. The quantitative estimate of drug-likeness (QED) is 0.535. The van der Waals surface area contributed by atoms with Crippen LogP contribution in [0.15, 0.2) is 18.2 Å². The van der Waals surface area contributed by atoms with Crippen LogP contribution in [0, 0.1) is 0 Å². The molecule has 14 heavy (non-hydrogen) atoms. The topological polar surface area (TPSA) is 47.6 Å². The second kappa shape index (κ2) is 3.67. The first-order valence-electron chi connectivity index (χ1n) is 4.40. The smallest absolute Gasteiger partial charge is 0.308 e. The molecule has 0 aliphatic carbocycles. The van der Waals surface area contributed by atoms with Gasteiger partial charge in [0.05, 0.1) is 0 Å². The third-order valence-electron chi connectivity index (χ3n) is 1.95. The Bertz CT molecular complexity index is 362. The van der Waals surface area contributed by atoms with E-state index in [4.69, 9.17) is 9.47 Å². The van der Waals surface area contributed by atoms with Crippen molar-refractivity contribution in [3.63, 3.8) is 0 Å². The summed E-state index contributed by atoms with van der Waals surface area (Å²) in [6.45, 7) is 2.66. The van der Waals surface area contributed by atoms with Crippen LogP contribution in [-0.4, -0.2) is 12.7 Å². The van der Waals surface area contributed by atoms with Crippen LogP contribution < -0.4 is 14.8 Å². The Labute approximate surface area is 81.8 Å². The standard InChI is InChI=1S/C10H11NO3/c1-7(12)14-9-3-2-8-5-11-6-13-10(8)4-9/h2-4,11H,5-6H2,1H3. The molecule has 0 aromatic heterocycles. The van der Waals surface area contributed by atoms with Gasteiger partial charge in [-0.05, 0) is 6.07 Å². The fourth-order valence-electron chi connectivity index (χ4n) is 1.36. The largest absolute Gasteiger partial charge is 0.478 e. The molecule has 0 saturated carbocycles. The van der Waals surface area contributed by atoms with Gasteiger partial charge in [-0.3, -0.25) is 10.1 Å². The number of hydrogen-bond acceptors (Lipinski definition) is 4. The van der Waals surface area contributed by atoms with Gasteiger partial charge < -0.3 is 9.47 Å². The van der Waals surface area contributed by atoms with E-state index in [-0.39, 0.29) is 5.97 Å². The van der Waals surface area contributed by atoms with Crippen molar-refractivity contribution in [1.82, 2.24) is 5.32 Å². The fraction of sp³-hybridized carbons (Fsp3) is 0.300. The zero-order chi connectivity index (χ0) is 9.97. The van der Waals surface area contributed by atoms with Crippen molar-refractivity contribution in [3.8, 4) is 11.5 Å². The molecule has 2 rings (SSSR count). The van der Waals surface area contributed by atoms with Crippen LogP contribution in [0.25, 0.3) is 0 Å². The zero-order valence-electron chi connectivity index (χ0n) is 7.87. The van der Waals surface area contributed by atoms with Crippen LogP contribution >= 0.6 is 0 Å². The lowest BCUT2D eigenvalue weighted by Crippen LogP contribution is -2.25. The molecule has 1 aliphatic heterocycles. The number of carbonyl (C=O) groups excluding carboxylic acids is 1. The molecular formula is C10H11NO3. The highest BCUT2D eigenvalue weighted by Crippen LogP contribution is 2.26. The Kier molecular flexibility index (Phi) is 2.37. The minimum Gasteiger partial charge on any atom is -0.478 e. The molecule has 74 valence electrons. The maximum Gasteiger partial charge on any atom is 0.308 e. The van der Waals surface area contributed by atoms with Gasteiger partial charge in [-0.2, -0.15) is 0 Å². The Morgan fingerprint density at radius 3 is 3.21 bits per heavy atom. The van der Waals surface area contributed by atoms with Crippen LogP contribution in [0.4, 0.5) is 0 Å². The van der Waals surface area contributed by atoms with E-state index in [0.717, 1.165) is 17.9 Å². The Morgan fingerprint density at radius 2 is 2.43 bits per heavy atom. The second-order valence-electron chi connectivity index (χ2n) is 3.08. The minimum atomic E-state index is -0.320. The van der Waals surface area contributed by atoms with Crippen molar-refractivity contribution < 1.29 is 14.3 Å². The Morgan fingerprint density at radius 1 is 1.57 bits per heavy atom. The van der Waals surface area contributed by atoms with Crippen molar-refractivity contribution >= 4 is 5.97 Å². The molecule has 0 fully saturated rings. The van der Waals surface area contributed by atoms with E-state index in [1.54, 1.807) is 12.1 Å². The van der Waals surface area contributed by atoms with Crippen LogP contribution in [0.3, 0.4) is 0 Å². The average molecular weight is 193 g/mol. The lowest BCUT2D eigenvalue weighted by molar-refractivity contribution is -0.131. The van der Waals surface area contributed by atoms with Crippen molar-refractivity contribution in [2.24, 2.45) is 0 Å². The van der Waals surface area contributed by atoms with Crippen molar-refractivity contribution in [2.45, 2.75) is 13.5 Å². The molecule has 0 atom stereocenters. The SMILES string of the molecule is CC(=O)Oc1ccc2c(c1)OCNC2. The number of fused-ring (bicyclic) bond motifs is 1. The molecule has 0 bridgehead atoms. The van der Waals surface area contributed by atoms with E-state index in [1.807, 2.05) is 6.07 Å². The van der Waals surface area contributed by atoms with E-state index < -0.39 is 0 Å². The predicted molar refractivity (Wildman–Crippen MR) is 50.1 cm³/mol. The third-order valence-corrected chi connectivity index (χ3v) is 1.95. The van der Waals surface area contributed by atoms with E-state index in [2.05, 4.69) is 5.32 Å². The zero-order valence-corrected chi connectivity index (χ0v) is 7.87. The normalized spacial score (nSPS) is 14.1. The molecule has 1 aromatic carbocycles. The summed E-state index contributed by atoms with van der Waals surface area (Å²) in [4.78, 5) is 10.7. The summed E-state index contributed by atoms with van der Waals surface area (Å²) in [5.41, 5.74) is 1.08. The highest BCUT2D eigenvalue weighted by molar-refractivity contribution is 5.69. The van der Waals surface area contributed by atoms with Gasteiger partial charge in [0, 0.05) is 25.1 Å². The van der Waals surface area contributed by atoms with Gasteiger partial charge in [-0.1, -0.05) is 6.07 Å². The molecule has 0 spiro atoms. The number of nitrogens with one attached hydrogen (secondary N) is 1. The number of hydrogen-bond donors (Lipinski definition) is 1. The number of ether oxygens (including phenoxy) is 2. The van der Waals surface area contributed by atoms with Gasteiger partial charge in [-0.25, -0.2) is 0 Å². The molecular weight excluding hydrogens is 182 g/mol. The van der Waals surface area contributed by atoms with Crippen molar-refractivity contribution in [1.29, 1.82) is 0 Å². The second-order valence-corrected chi connectivity index (χ2v) is 3.08. The summed E-state index contributed by atoms with van der Waals surface area (Å²) >= 11 is 0. The predicted octanol–water partition coefficient (Wildman–Crippen LogP) is 1.05. The van der Waals surface area contributed by atoms with E-state index in [0.29, 0.717) is 12.5 Å². The van der Waals surface area contributed by atoms with Crippen LogP contribution in [-0.2, 0) is 11.3 Å². The third kappa shape index (κ3) is 1.85.